The van der Waals surface area contributed by atoms with Crippen molar-refractivity contribution >= 4 is 12.2 Å². The highest BCUT2D eigenvalue weighted by molar-refractivity contribution is 5.75. The Kier molecular flexibility index (Phi) is 3.37. The monoisotopic (exact) mass is 250 g/mol. The molecule has 96 valence electrons. The highest BCUT2D eigenvalue weighted by Gasteiger charge is 2.14. The van der Waals surface area contributed by atoms with E-state index < -0.39 is 0 Å². The quantitative estimate of drug-likeness (QED) is 0.781. The fourth-order valence-electron chi connectivity index (χ4n) is 2.77. The first-order valence-corrected chi connectivity index (χ1v) is 6.91. The zero-order valence-electron chi connectivity index (χ0n) is 11.0. The number of aryl methyl sites for hydroxylation is 1. The average molecular weight is 250 g/mol. The molecule has 1 heteroatoms. The van der Waals surface area contributed by atoms with Crippen LogP contribution in [0.15, 0.2) is 42.5 Å². The zero-order chi connectivity index (χ0) is 13.1. The second-order valence-corrected chi connectivity index (χ2v) is 5.09. The highest BCUT2D eigenvalue weighted by Crippen LogP contribution is 2.31. The summed E-state index contributed by atoms with van der Waals surface area (Å²) in [6.45, 7) is 0. The van der Waals surface area contributed by atoms with E-state index >= 15 is 0 Å². The zero-order valence-corrected chi connectivity index (χ0v) is 11.0. The van der Waals surface area contributed by atoms with Crippen LogP contribution in [-0.2, 0) is 12.8 Å². The second kappa shape index (κ2) is 5.31. The lowest BCUT2D eigenvalue weighted by atomic mass is 9.87. The third kappa shape index (κ3) is 2.55. The molecule has 1 N–H and O–H groups in total. The molecule has 0 saturated carbocycles. The fraction of sp³-hybridized carbons (Fsp3) is 0.222. The number of benzene rings is 2. The maximum atomic E-state index is 10.1. The Balaban J connectivity index is 1.98. The Labute approximate surface area is 114 Å². The van der Waals surface area contributed by atoms with Crippen molar-refractivity contribution in [2.75, 3.05) is 0 Å². The van der Waals surface area contributed by atoms with Crippen LogP contribution >= 0.6 is 0 Å². The minimum Gasteiger partial charge on any atom is -0.507 e. The van der Waals surface area contributed by atoms with Gasteiger partial charge in [-0.2, -0.15) is 0 Å². The van der Waals surface area contributed by atoms with Crippen molar-refractivity contribution in [3.8, 4) is 5.75 Å². The molecular weight excluding hydrogens is 232 g/mol. The molecule has 0 heterocycles. The maximum Gasteiger partial charge on any atom is 0.123 e. The number of aromatic hydroxyl groups is 1. The van der Waals surface area contributed by atoms with Crippen molar-refractivity contribution in [1.82, 2.24) is 0 Å². The van der Waals surface area contributed by atoms with Gasteiger partial charge in [0, 0.05) is 5.56 Å². The number of phenols is 1. The molecule has 0 atom stereocenters. The molecule has 1 aliphatic rings. The van der Waals surface area contributed by atoms with E-state index in [0.29, 0.717) is 5.75 Å². The van der Waals surface area contributed by atoms with Gasteiger partial charge >= 0.3 is 0 Å². The van der Waals surface area contributed by atoms with Crippen LogP contribution in [0.2, 0.25) is 0 Å². The summed E-state index contributed by atoms with van der Waals surface area (Å²) in [5.41, 5.74) is 4.89. The Morgan fingerprint density at radius 2 is 1.63 bits per heavy atom. The molecule has 0 unspecified atom stereocenters. The summed E-state index contributed by atoms with van der Waals surface area (Å²) >= 11 is 0. The van der Waals surface area contributed by atoms with Gasteiger partial charge in [-0.15, -0.1) is 0 Å². The fourth-order valence-corrected chi connectivity index (χ4v) is 2.77. The smallest absolute Gasteiger partial charge is 0.123 e. The van der Waals surface area contributed by atoms with E-state index in [4.69, 9.17) is 0 Å². The molecule has 1 nitrogen and oxygen atoms in total. The third-order valence-electron chi connectivity index (χ3n) is 3.80. The van der Waals surface area contributed by atoms with Gasteiger partial charge in [-0.25, -0.2) is 0 Å². The highest BCUT2D eigenvalue weighted by atomic mass is 16.3. The van der Waals surface area contributed by atoms with Crippen LogP contribution < -0.4 is 0 Å². The molecule has 0 saturated heterocycles. The minimum atomic E-state index is 0.396. The van der Waals surface area contributed by atoms with Gasteiger partial charge in [-0.1, -0.05) is 48.6 Å². The van der Waals surface area contributed by atoms with E-state index in [0.717, 1.165) is 24.0 Å². The van der Waals surface area contributed by atoms with Crippen LogP contribution in [0.4, 0.5) is 0 Å². The van der Waals surface area contributed by atoms with Gasteiger partial charge in [-0.3, -0.25) is 0 Å². The van der Waals surface area contributed by atoms with E-state index in [9.17, 15) is 5.11 Å². The van der Waals surface area contributed by atoms with Gasteiger partial charge in [-0.05, 0) is 48.4 Å². The van der Waals surface area contributed by atoms with Crippen molar-refractivity contribution in [3.05, 3.63) is 64.7 Å². The van der Waals surface area contributed by atoms with E-state index in [2.05, 4.69) is 30.4 Å². The molecule has 0 spiro atoms. The SMILES string of the molecule is Oc1ccc2c(c1/C=C/c1ccccc1)CCCC2. The summed E-state index contributed by atoms with van der Waals surface area (Å²) in [4.78, 5) is 0. The Morgan fingerprint density at radius 1 is 0.842 bits per heavy atom. The van der Waals surface area contributed by atoms with Crippen LogP contribution in [0.3, 0.4) is 0 Å². The average Bonchev–Trinajstić information content (AvgIpc) is 2.47. The summed E-state index contributed by atoms with van der Waals surface area (Å²) in [5.74, 6) is 0.396. The van der Waals surface area contributed by atoms with Crippen LogP contribution in [0.1, 0.15) is 35.1 Å². The molecule has 0 aromatic heterocycles. The van der Waals surface area contributed by atoms with Crippen molar-refractivity contribution in [1.29, 1.82) is 0 Å². The maximum absolute atomic E-state index is 10.1. The minimum absolute atomic E-state index is 0.396. The van der Waals surface area contributed by atoms with Gasteiger partial charge in [0.15, 0.2) is 0 Å². The lowest BCUT2D eigenvalue weighted by Crippen LogP contribution is -2.04. The van der Waals surface area contributed by atoms with Crippen LogP contribution in [-0.4, -0.2) is 5.11 Å². The van der Waals surface area contributed by atoms with E-state index in [-0.39, 0.29) is 0 Å². The number of hydrogen-bond acceptors (Lipinski definition) is 1. The van der Waals surface area contributed by atoms with Crippen LogP contribution in [0.5, 0.6) is 5.75 Å². The summed E-state index contributed by atoms with van der Waals surface area (Å²) in [7, 11) is 0. The Morgan fingerprint density at radius 3 is 2.47 bits per heavy atom. The summed E-state index contributed by atoms with van der Waals surface area (Å²) < 4.78 is 0. The van der Waals surface area contributed by atoms with Gasteiger partial charge in [0.2, 0.25) is 0 Å². The predicted molar refractivity (Wildman–Crippen MR) is 80.1 cm³/mol. The van der Waals surface area contributed by atoms with E-state index in [1.165, 1.54) is 24.0 Å². The summed E-state index contributed by atoms with van der Waals surface area (Å²) in [6, 6.07) is 14.1. The number of fused-ring (bicyclic) bond motifs is 1. The van der Waals surface area contributed by atoms with Gasteiger partial charge in [0.25, 0.3) is 0 Å². The van der Waals surface area contributed by atoms with Crippen molar-refractivity contribution < 1.29 is 5.11 Å². The first kappa shape index (κ1) is 12.0. The summed E-state index contributed by atoms with van der Waals surface area (Å²) in [5, 5.41) is 10.1. The second-order valence-electron chi connectivity index (χ2n) is 5.09. The lowest BCUT2D eigenvalue weighted by molar-refractivity contribution is 0.472. The first-order chi connectivity index (χ1) is 9.34. The van der Waals surface area contributed by atoms with Gasteiger partial charge in [0.1, 0.15) is 5.75 Å². The summed E-state index contributed by atoms with van der Waals surface area (Å²) in [6.07, 6.45) is 8.83. The van der Waals surface area contributed by atoms with E-state index in [1.54, 1.807) is 0 Å². The van der Waals surface area contributed by atoms with E-state index in [1.807, 2.05) is 24.3 Å². The molecule has 0 radical (unpaired) electrons. The lowest BCUT2D eigenvalue weighted by Gasteiger charge is -2.18. The Hall–Kier alpha value is -2.02. The number of phenolic OH excluding ortho intramolecular Hbond substituents is 1. The van der Waals surface area contributed by atoms with Crippen LogP contribution in [0.25, 0.3) is 12.2 Å². The molecule has 0 bridgehead atoms. The van der Waals surface area contributed by atoms with Crippen LogP contribution in [0, 0.1) is 0 Å². The van der Waals surface area contributed by atoms with Gasteiger partial charge in [0.05, 0.1) is 0 Å². The largest absolute Gasteiger partial charge is 0.507 e. The molecule has 2 aromatic carbocycles. The Bertz CT molecular complexity index is 597. The number of hydrogen-bond donors (Lipinski definition) is 1. The van der Waals surface area contributed by atoms with Crippen molar-refractivity contribution in [3.63, 3.8) is 0 Å². The van der Waals surface area contributed by atoms with Gasteiger partial charge < -0.3 is 5.11 Å². The molecule has 0 aliphatic heterocycles. The molecule has 0 fully saturated rings. The first-order valence-electron chi connectivity index (χ1n) is 6.91. The van der Waals surface area contributed by atoms with Crippen molar-refractivity contribution in [2.24, 2.45) is 0 Å². The number of rotatable bonds is 2. The third-order valence-corrected chi connectivity index (χ3v) is 3.80. The predicted octanol–water partition coefficient (Wildman–Crippen LogP) is 4.44. The molecule has 19 heavy (non-hydrogen) atoms. The molecule has 1 aliphatic carbocycles. The molecule has 3 rings (SSSR count). The topological polar surface area (TPSA) is 20.2 Å². The molecular formula is C18H18O. The molecule has 2 aromatic rings. The molecule has 0 amide bonds. The standard InChI is InChI=1S/C18H18O/c19-18-13-11-15-8-4-5-9-16(15)17(18)12-10-14-6-2-1-3-7-14/h1-3,6-7,10-13,19H,4-5,8-9H2/b12-10+. The van der Waals surface area contributed by atoms with Crippen molar-refractivity contribution in [2.45, 2.75) is 25.7 Å². The normalized spacial score (nSPS) is 14.5.